The van der Waals surface area contributed by atoms with Gasteiger partial charge in [-0.2, -0.15) is 0 Å². The number of hydrogen-bond donors (Lipinski definition) is 0. The fourth-order valence-electron chi connectivity index (χ4n) is 3.70. The van der Waals surface area contributed by atoms with Crippen molar-refractivity contribution in [3.8, 4) is 48.8 Å². The predicted molar refractivity (Wildman–Crippen MR) is 160 cm³/mol. The van der Waals surface area contributed by atoms with Crippen molar-refractivity contribution in [2.24, 2.45) is 0 Å². The third kappa shape index (κ3) is 4.43. The van der Waals surface area contributed by atoms with Crippen LogP contribution in [0.1, 0.15) is 25.6 Å². The summed E-state index contributed by atoms with van der Waals surface area (Å²) < 4.78 is 0. The molecule has 6 rings (SSSR count). The maximum Gasteiger partial charge on any atom is 0.0449 e. The van der Waals surface area contributed by atoms with Crippen LogP contribution in [0.25, 0.3) is 48.8 Å². The van der Waals surface area contributed by atoms with Gasteiger partial charge in [-0.1, -0.05) is 26.8 Å². The molecule has 6 aromatic heterocycles. The van der Waals surface area contributed by atoms with Gasteiger partial charge in [-0.3, -0.25) is 0 Å². The van der Waals surface area contributed by atoms with Crippen molar-refractivity contribution in [1.82, 2.24) is 0 Å². The molecular formula is C28H22S6. The van der Waals surface area contributed by atoms with Crippen molar-refractivity contribution < 1.29 is 0 Å². The molecule has 34 heavy (non-hydrogen) atoms. The second kappa shape index (κ2) is 9.01. The molecule has 0 N–H and O–H groups in total. The smallest absolute Gasteiger partial charge is 0.0449 e. The van der Waals surface area contributed by atoms with E-state index in [1.165, 1.54) is 53.6 Å². The molecule has 0 saturated heterocycles. The van der Waals surface area contributed by atoms with E-state index < -0.39 is 0 Å². The van der Waals surface area contributed by atoms with E-state index in [9.17, 15) is 0 Å². The zero-order chi connectivity index (χ0) is 23.3. The average molecular weight is 551 g/mol. The van der Waals surface area contributed by atoms with E-state index >= 15 is 0 Å². The Balaban J connectivity index is 1.22. The molecule has 0 bridgehead atoms. The Bertz CT molecular complexity index is 1540. The highest BCUT2D eigenvalue weighted by atomic mass is 32.1. The van der Waals surface area contributed by atoms with Crippen LogP contribution in [-0.4, -0.2) is 0 Å². The minimum atomic E-state index is 0.208. The molecule has 0 aromatic carbocycles. The van der Waals surface area contributed by atoms with Crippen molar-refractivity contribution in [2.75, 3.05) is 0 Å². The highest BCUT2D eigenvalue weighted by molar-refractivity contribution is 7.30. The SMILES string of the molecule is CC(C)(C)c1ccc(-c2ccc(-c3ccc(-c4ccc(-c5ccc(-c6cccs6)s5)s4)s3)s2)s1. The monoisotopic (exact) mass is 550 g/mol. The first-order valence-electron chi connectivity index (χ1n) is 11.0. The van der Waals surface area contributed by atoms with Crippen molar-refractivity contribution in [2.45, 2.75) is 26.2 Å². The number of thiophene rings is 6. The third-order valence-corrected chi connectivity index (χ3v) is 13.2. The fraction of sp³-hybridized carbons (Fsp3) is 0.143. The van der Waals surface area contributed by atoms with Crippen molar-refractivity contribution >= 4 is 68.0 Å². The van der Waals surface area contributed by atoms with Gasteiger partial charge in [0.25, 0.3) is 0 Å². The molecule has 0 aliphatic rings. The first-order valence-corrected chi connectivity index (χ1v) is 16.0. The van der Waals surface area contributed by atoms with Gasteiger partial charge in [0, 0.05) is 53.6 Å². The Morgan fingerprint density at radius 1 is 0.412 bits per heavy atom. The molecule has 0 fully saturated rings. The number of hydrogen-bond acceptors (Lipinski definition) is 6. The second-order valence-electron chi connectivity index (χ2n) is 9.05. The van der Waals surface area contributed by atoms with E-state index in [1.54, 1.807) is 11.3 Å². The molecule has 0 aliphatic heterocycles. The van der Waals surface area contributed by atoms with E-state index in [4.69, 9.17) is 0 Å². The van der Waals surface area contributed by atoms with Gasteiger partial charge in [0.1, 0.15) is 0 Å². The summed E-state index contributed by atoms with van der Waals surface area (Å²) in [5.41, 5.74) is 0.208. The molecule has 0 spiro atoms. The van der Waals surface area contributed by atoms with Crippen LogP contribution in [-0.2, 0) is 5.41 Å². The lowest BCUT2D eigenvalue weighted by molar-refractivity contribution is 0.604. The van der Waals surface area contributed by atoms with Crippen molar-refractivity contribution in [3.05, 3.63) is 83.1 Å². The van der Waals surface area contributed by atoms with E-state index in [0.717, 1.165) is 0 Å². The van der Waals surface area contributed by atoms with E-state index in [1.807, 2.05) is 56.7 Å². The maximum absolute atomic E-state index is 2.29. The standard InChI is InChI=1S/C28H22S6/c1-28(2,3)27-15-14-26(34-27)25-13-12-24(33-25)23-11-10-22(32-23)21-9-8-20(31-21)19-7-6-18(30-19)17-5-4-16-29-17/h4-16H,1-3H3. The lowest BCUT2D eigenvalue weighted by Crippen LogP contribution is -2.07. The Morgan fingerprint density at radius 3 is 1.09 bits per heavy atom. The zero-order valence-electron chi connectivity index (χ0n) is 19.0. The molecular weight excluding hydrogens is 529 g/mol. The summed E-state index contributed by atoms with van der Waals surface area (Å²) in [6, 6.07) is 27.1. The lowest BCUT2D eigenvalue weighted by atomic mass is 9.95. The van der Waals surface area contributed by atoms with Crippen LogP contribution < -0.4 is 0 Å². The van der Waals surface area contributed by atoms with Gasteiger partial charge in [-0.15, -0.1) is 68.0 Å². The molecule has 0 atom stereocenters. The van der Waals surface area contributed by atoms with E-state index in [-0.39, 0.29) is 5.41 Å². The fourth-order valence-corrected chi connectivity index (χ4v) is 9.99. The summed E-state index contributed by atoms with van der Waals surface area (Å²) in [6.07, 6.45) is 0. The van der Waals surface area contributed by atoms with Crippen molar-refractivity contribution in [1.29, 1.82) is 0 Å². The molecule has 0 nitrogen and oxygen atoms in total. The summed E-state index contributed by atoms with van der Waals surface area (Å²) >= 11 is 11.3. The minimum absolute atomic E-state index is 0.208. The van der Waals surface area contributed by atoms with E-state index in [2.05, 4.69) is 98.9 Å². The molecule has 170 valence electrons. The Labute approximate surface area is 224 Å². The summed E-state index contributed by atoms with van der Waals surface area (Å²) in [4.78, 5) is 15.0. The van der Waals surface area contributed by atoms with E-state index in [0.29, 0.717) is 0 Å². The normalized spacial score (nSPS) is 12.0. The summed E-state index contributed by atoms with van der Waals surface area (Å²) in [5, 5.41) is 2.15. The quantitative estimate of drug-likeness (QED) is 0.200. The zero-order valence-corrected chi connectivity index (χ0v) is 23.9. The summed E-state index contributed by atoms with van der Waals surface area (Å²) in [5.74, 6) is 0. The molecule has 6 heteroatoms. The summed E-state index contributed by atoms with van der Waals surface area (Å²) in [6.45, 7) is 6.85. The minimum Gasteiger partial charge on any atom is -0.143 e. The van der Waals surface area contributed by atoms with Crippen molar-refractivity contribution in [3.63, 3.8) is 0 Å². The molecule has 0 amide bonds. The molecule has 0 radical (unpaired) electrons. The third-order valence-electron chi connectivity index (χ3n) is 5.50. The predicted octanol–water partition coefficient (Wildman–Crippen LogP) is 11.7. The second-order valence-corrected chi connectivity index (χ2v) is 15.4. The van der Waals surface area contributed by atoms with Crippen LogP contribution in [0.5, 0.6) is 0 Å². The Morgan fingerprint density at radius 2 is 0.765 bits per heavy atom. The van der Waals surface area contributed by atoms with Gasteiger partial charge in [0.15, 0.2) is 0 Å². The number of rotatable bonds is 5. The van der Waals surface area contributed by atoms with Crippen LogP contribution in [0, 0.1) is 0 Å². The molecule has 0 unspecified atom stereocenters. The topological polar surface area (TPSA) is 0 Å². The molecule has 0 saturated carbocycles. The van der Waals surface area contributed by atoms with Gasteiger partial charge < -0.3 is 0 Å². The maximum atomic E-state index is 2.29. The van der Waals surface area contributed by atoms with Crippen LogP contribution in [0.3, 0.4) is 0 Å². The molecule has 6 heterocycles. The Hall–Kier alpha value is -1.80. The largest absolute Gasteiger partial charge is 0.143 e. The molecule has 0 aliphatic carbocycles. The first kappa shape index (κ1) is 22.7. The van der Waals surface area contributed by atoms with Crippen LogP contribution >= 0.6 is 68.0 Å². The Kier molecular flexibility index (Phi) is 6.00. The van der Waals surface area contributed by atoms with Crippen LogP contribution in [0.2, 0.25) is 0 Å². The average Bonchev–Trinajstić information content (AvgIpc) is 3.67. The van der Waals surface area contributed by atoms with Crippen LogP contribution in [0.15, 0.2) is 78.2 Å². The highest BCUT2D eigenvalue weighted by Gasteiger charge is 2.18. The lowest BCUT2D eigenvalue weighted by Gasteiger charge is -2.15. The first-order chi connectivity index (χ1) is 16.4. The van der Waals surface area contributed by atoms with Gasteiger partial charge in [-0.25, -0.2) is 0 Å². The van der Waals surface area contributed by atoms with Gasteiger partial charge in [0.2, 0.25) is 0 Å². The molecule has 6 aromatic rings. The highest BCUT2D eigenvalue weighted by Crippen LogP contribution is 2.46. The summed E-state index contributed by atoms with van der Waals surface area (Å²) in [7, 11) is 0. The van der Waals surface area contributed by atoms with Gasteiger partial charge in [-0.05, 0) is 77.5 Å². The van der Waals surface area contributed by atoms with Gasteiger partial charge in [0.05, 0.1) is 0 Å². The van der Waals surface area contributed by atoms with Gasteiger partial charge >= 0.3 is 0 Å². The van der Waals surface area contributed by atoms with Crippen LogP contribution in [0.4, 0.5) is 0 Å².